The van der Waals surface area contributed by atoms with Gasteiger partial charge in [-0.25, -0.2) is 19.6 Å². The summed E-state index contributed by atoms with van der Waals surface area (Å²) in [7, 11) is 2.61. The number of rotatable bonds is 12. The molecule has 1 aromatic rings. The van der Waals surface area contributed by atoms with E-state index in [4.69, 9.17) is 29.9 Å². The molecule has 6 aliphatic rings. The quantitative estimate of drug-likeness (QED) is 0.194. The third-order valence-corrected chi connectivity index (χ3v) is 13.9. The number of carbonyl (C=O) groups excluding carboxylic acids is 4. The zero-order chi connectivity index (χ0) is 41.2. The number of hydrogen-bond donors (Lipinski definition) is 5. The third kappa shape index (κ3) is 8.46. The number of nitrogens with zero attached hydrogens (tertiary/aromatic N) is 5. The van der Waals surface area contributed by atoms with Gasteiger partial charge in [0.2, 0.25) is 11.8 Å². The Hall–Kier alpha value is -3.80. The van der Waals surface area contributed by atoms with Gasteiger partial charge in [-0.3, -0.25) is 20.0 Å². The molecule has 6 N–H and O–H groups in total. The molecule has 5 heterocycles. The predicted molar refractivity (Wildman–Crippen MR) is 216 cm³/mol. The molecule has 4 aliphatic heterocycles. The van der Waals surface area contributed by atoms with Crippen LogP contribution in [0.3, 0.4) is 0 Å². The number of likely N-dealkylation sites (tertiary alicyclic amines) is 2. The number of H-pyrrole nitrogens is 1. The van der Waals surface area contributed by atoms with Gasteiger partial charge in [-0.15, -0.1) is 0 Å². The van der Waals surface area contributed by atoms with Gasteiger partial charge in [0.05, 0.1) is 57.1 Å². The van der Waals surface area contributed by atoms with Crippen LogP contribution in [-0.2, 0) is 23.8 Å². The Morgan fingerprint density at radius 3 is 2.26 bits per heavy atom. The van der Waals surface area contributed by atoms with Crippen LogP contribution in [0.15, 0.2) is 11.2 Å². The monoisotopic (exact) mass is 811 g/mol. The Morgan fingerprint density at radius 2 is 1.59 bits per heavy atom. The van der Waals surface area contributed by atoms with Crippen LogP contribution in [0.2, 0.25) is 0 Å². The number of hydrogen-bond acceptors (Lipinski definition) is 12. The standard InChI is InChI=1S/C41H66N10O7/c1-22(2)34(47-40(54)56-5)38(52)49-15-7-9-25(49)19-43-28(18-42)26-12-14-32-36-27(26)20-45-51(36)30-13-11-24(17-33(30)58-32)29-21-44-37(46-29)31-10-8-16-50(31)39(53)35(23(3)4)48-41(55)57-6/h21-27,30-36,45H,7-20,42H2,1-6H3,(H,44,46)(H,47,54)(H,48,55). The highest BCUT2D eigenvalue weighted by Gasteiger charge is 2.56. The molecule has 11 atom stereocenters. The average molecular weight is 811 g/mol. The van der Waals surface area contributed by atoms with Crippen LogP contribution >= 0.6 is 0 Å². The molecule has 4 saturated heterocycles. The van der Waals surface area contributed by atoms with E-state index < -0.39 is 24.3 Å². The fourth-order valence-corrected chi connectivity index (χ4v) is 10.9. The molecule has 0 radical (unpaired) electrons. The van der Waals surface area contributed by atoms with E-state index in [1.165, 1.54) is 14.2 Å². The van der Waals surface area contributed by atoms with Gasteiger partial charge in [0.25, 0.3) is 0 Å². The molecule has 6 fully saturated rings. The second-order valence-electron chi connectivity index (χ2n) is 17.9. The van der Waals surface area contributed by atoms with Crippen molar-refractivity contribution in [2.45, 2.75) is 140 Å². The van der Waals surface area contributed by atoms with E-state index in [0.717, 1.165) is 81.6 Å². The second-order valence-corrected chi connectivity index (χ2v) is 17.9. The number of carbonyl (C=O) groups is 4. The fourth-order valence-electron chi connectivity index (χ4n) is 10.9. The number of nitrogens with one attached hydrogen (secondary N) is 4. The van der Waals surface area contributed by atoms with Crippen LogP contribution in [0.5, 0.6) is 0 Å². The van der Waals surface area contributed by atoms with E-state index in [-0.39, 0.29) is 71.9 Å². The van der Waals surface area contributed by atoms with Crippen LogP contribution < -0.4 is 21.8 Å². The molecule has 322 valence electrons. The topological polar surface area (TPSA) is 209 Å². The number of morpholine rings is 1. The van der Waals surface area contributed by atoms with Crippen molar-refractivity contribution in [2.75, 3.05) is 46.9 Å². The van der Waals surface area contributed by atoms with E-state index in [1.807, 2.05) is 43.7 Å². The van der Waals surface area contributed by atoms with E-state index in [2.05, 4.69) is 26.1 Å². The lowest BCUT2D eigenvalue weighted by molar-refractivity contribution is -0.185. The van der Waals surface area contributed by atoms with Gasteiger partial charge >= 0.3 is 12.2 Å². The van der Waals surface area contributed by atoms with Gasteiger partial charge in [-0.1, -0.05) is 27.7 Å². The zero-order valence-corrected chi connectivity index (χ0v) is 35.2. The van der Waals surface area contributed by atoms with Gasteiger partial charge in [0.15, 0.2) is 0 Å². The molecule has 17 heteroatoms. The molecule has 7 rings (SSSR count). The molecule has 2 aliphatic carbocycles. The summed E-state index contributed by atoms with van der Waals surface area (Å²) in [5.74, 6) is 1.29. The smallest absolute Gasteiger partial charge is 0.407 e. The number of amides is 4. The number of imidazole rings is 1. The molecule has 0 bridgehead atoms. The summed E-state index contributed by atoms with van der Waals surface area (Å²) in [6.45, 7) is 10.7. The molecule has 0 spiro atoms. The van der Waals surface area contributed by atoms with Gasteiger partial charge < -0.3 is 45.4 Å². The SMILES string of the molecule is COC(=O)NC(C(=O)N1CCCC1CN=C(CN)C1CCC2OC3CC(c4cnc(C5CCCN5C(=O)C(NC(=O)OC)C(C)C)[nH]4)CCC3N3NCC1C23)C(C)C. The summed E-state index contributed by atoms with van der Waals surface area (Å²) in [5.41, 5.74) is 12.4. The van der Waals surface area contributed by atoms with Crippen molar-refractivity contribution in [3.8, 4) is 0 Å². The number of alkyl carbamates (subject to hydrolysis) is 2. The maximum atomic E-state index is 13.7. The summed E-state index contributed by atoms with van der Waals surface area (Å²) < 4.78 is 16.6. The highest BCUT2D eigenvalue weighted by molar-refractivity contribution is 5.89. The number of fused-ring (bicyclic) bond motifs is 2. The van der Waals surface area contributed by atoms with Crippen molar-refractivity contribution < 1.29 is 33.4 Å². The first-order valence-electron chi connectivity index (χ1n) is 21.7. The molecular formula is C41H66N10O7. The number of aromatic amines is 1. The number of nitrogens with two attached hydrogens (primary N) is 1. The van der Waals surface area contributed by atoms with Crippen molar-refractivity contribution in [1.29, 1.82) is 0 Å². The number of methoxy groups -OCH3 is 2. The highest BCUT2D eigenvalue weighted by atomic mass is 16.5. The first-order valence-corrected chi connectivity index (χ1v) is 21.7. The van der Waals surface area contributed by atoms with Gasteiger partial charge in [-0.2, -0.15) is 0 Å². The van der Waals surface area contributed by atoms with Crippen LogP contribution in [-0.4, -0.2) is 144 Å². The Balaban J connectivity index is 0.971. The highest BCUT2D eigenvalue weighted by Crippen LogP contribution is 2.47. The third-order valence-electron chi connectivity index (χ3n) is 13.9. The number of hydrazine groups is 1. The van der Waals surface area contributed by atoms with Crippen LogP contribution in [0.1, 0.15) is 109 Å². The van der Waals surface area contributed by atoms with Crippen LogP contribution in [0, 0.1) is 23.7 Å². The lowest BCUT2D eigenvalue weighted by atomic mass is 9.70. The van der Waals surface area contributed by atoms with E-state index in [1.54, 1.807) is 0 Å². The van der Waals surface area contributed by atoms with E-state index >= 15 is 0 Å². The largest absolute Gasteiger partial charge is 0.453 e. The maximum Gasteiger partial charge on any atom is 0.407 e. The molecule has 4 amide bonds. The summed E-state index contributed by atoms with van der Waals surface area (Å²) in [4.78, 5) is 68.7. The molecule has 0 aromatic carbocycles. The second kappa shape index (κ2) is 18.2. The van der Waals surface area contributed by atoms with Crippen LogP contribution in [0.4, 0.5) is 9.59 Å². The molecular weight excluding hydrogens is 745 g/mol. The van der Waals surface area contributed by atoms with Crippen LogP contribution in [0.25, 0.3) is 0 Å². The first-order chi connectivity index (χ1) is 27.9. The minimum atomic E-state index is -0.671. The Labute approximate surface area is 342 Å². The summed E-state index contributed by atoms with van der Waals surface area (Å²) in [5, 5.41) is 7.98. The molecule has 58 heavy (non-hydrogen) atoms. The zero-order valence-electron chi connectivity index (χ0n) is 35.2. The van der Waals surface area contributed by atoms with Crippen molar-refractivity contribution in [3.63, 3.8) is 0 Å². The van der Waals surface area contributed by atoms with Crippen molar-refractivity contribution in [3.05, 3.63) is 17.7 Å². The average Bonchev–Trinajstić information content (AvgIpc) is 4.06. The fraction of sp³-hybridized carbons (Fsp3) is 0.805. The summed E-state index contributed by atoms with van der Waals surface area (Å²) in [6, 6.07) is -1.000. The Kier molecular flexibility index (Phi) is 13.3. The number of aromatic nitrogens is 2. The normalized spacial score (nSPS) is 32.2. The maximum absolute atomic E-state index is 13.7. The van der Waals surface area contributed by atoms with E-state index in [9.17, 15) is 19.2 Å². The first kappa shape index (κ1) is 42.3. The molecule has 1 aromatic heterocycles. The van der Waals surface area contributed by atoms with Gasteiger partial charge in [0.1, 0.15) is 17.9 Å². The Morgan fingerprint density at radius 1 is 0.914 bits per heavy atom. The van der Waals surface area contributed by atoms with Crippen molar-refractivity contribution in [1.82, 2.24) is 40.8 Å². The lowest BCUT2D eigenvalue weighted by Gasteiger charge is -2.53. The number of aliphatic imine (C=N–C) groups is 1. The van der Waals surface area contributed by atoms with Crippen molar-refractivity contribution in [2.24, 2.45) is 34.4 Å². The molecule has 2 saturated carbocycles. The van der Waals surface area contributed by atoms with E-state index in [0.29, 0.717) is 32.1 Å². The molecule has 17 nitrogen and oxygen atoms in total. The minimum Gasteiger partial charge on any atom is -0.453 e. The lowest BCUT2D eigenvalue weighted by Crippen LogP contribution is -2.65. The number of ether oxygens (including phenoxy) is 3. The predicted octanol–water partition coefficient (Wildman–Crippen LogP) is 2.84. The van der Waals surface area contributed by atoms with Gasteiger partial charge in [0, 0.05) is 61.5 Å². The Bertz CT molecular complexity index is 1670. The summed E-state index contributed by atoms with van der Waals surface area (Å²) in [6.07, 6.45) is 9.19. The van der Waals surface area contributed by atoms with Crippen molar-refractivity contribution >= 4 is 29.7 Å². The molecule has 11 unspecified atom stereocenters. The summed E-state index contributed by atoms with van der Waals surface area (Å²) >= 11 is 0. The van der Waals surface area contributed by atoms with Gasteiger partial charge in [-0.05, 0) is 69.6 Å². The minimum absolute atomic E-state index is 0.0312.